The Kier molecular flexibility index (Phi) is 5.44. The molecule has 0 unspecified atom stereocenters. The SMILES string of the molecule is COc1ccccc1COc1ccc(Br)cc1CCN. The summed E-state index contributed by atoms with van der Waals surface area (Å²) in [7, 11) is 1.66. The van der Waals surface area contributed by atoms with Crippen LogP contribution in [0.4, 0.5) is 0 Å². The topological polar surface area (TPSA) is 44.5 Å². The molecule has 0 aliphatic rings. The van der Waals surface area contributed by atoms with E-state index >= 15 is 0 Å². The standard InChI is InChI=1S/C16H18BrNO2/c1-19-15-5-3-2-4-13(15)11-20-16-7-6-14(17)10-12(16)8-9-18/h2-7,10H,8-9,11,18H2,1H3. The normalized spacial score (nSPS) is 10.3. The van der Waals surface area contributed by atoms with Crippen LogP contribution in [0.5, 0.6) is 11.5 Å². The minimum atomic E-state index is 0.475. The monoisotopic (exact) mass is 335 g/mol. The van der Waals surface area contributed by atoms with Crippen molar-refractivity contribution >= 4 is 15.9 Å². The van der Waals surface area contributed by atoms with Gasteiger partial charge in [0.05, 0.1) is 7.11 Å². The van der Waals surface area contributed by atoms with Crippen LogP contribution in [0, 0.1) is 0 Å². The molecule has 0 amide bonds. The van der Waals surface area contributed by atoms with E-state index in [1.807, 2.05) is 42.5 Å². The number of ether oxygens (including phenoxy) is 2. The van der Waals surface area contributed by atoms with E-state index in [1.54, 1.807) is 7.11 Å². The van der Waals surface area contributed by atoms with Crippen LogP contribution in [0.25, 0.3) is 0 Å². The summed E-state index contributed by atoms with van der Waals surface area (Å²) < 4.78 is 12.3. The van der Waals surface area contributed by atoms with Gasteiger partial charge in [-0.05, 0) is 42.8 Å². The Balaban J connectivity index is 2.14. The lowest BCUT2D eigenvalue weighted by atomic mass is 10.1. The van der Waals surface area contributed by atoms with Crippen LogP contribution >= 0.6 is 15.9 Å². The van der Waals surface area contributed by atoms with Crippen LogP contribution in [0.1, 0.15) is 11.1 Å². The lowest BCUT2D eigenvalue weighted by Crippen LogP contribution is -2.06. The predicted octanol–water partition coefficient (Wildman–Crippen LogP) is 3.54. The summed E-state index contributed by atoms with van der Waals surface area (Å²) in [5.74, 6) is 1.70. The van der Waals surface area contributed by atoms with Crippen molar-refractivity contribution in [3.63, 3.8) is 0 Å². The molecule has 0 fully saturated rings. The maximum absolute atomic E-state index is 5.92. The Hall–Kier alpha value is -1.52. The molecule has 0 saturated heterocycles. The number of hydrogen-bond donors (Lipinski definition) is 1. The summed E-state index contributed by atoms with van der Waals surface area (Å²) >= 11 is 3.47. The molecule has 2 N–H and O–H groups in total. The molecule has 20 heavy (non-hydrogen) atoms. The zero-order chi connectivity index (χ0) is 14.4. The lowest BCUT2D eigenvalue weighted by molar-refractivity contribution is 0.294. The van der Waals surface area contributed by atoms with Gasteiger partial charge in [0.15, 0.2) is 0 Å². The molecule has 2 aromatic rings. The van der Waals surface area contributed by atoms with E-state index in [9.17, 15) is 0 Å². The van der Waals surface area contributed by atoms with Gasteiger partial charge >= 0.3 is 0 Å². The molecule has 2 aromatic carbocycles. The van der Waals surface area contributed by atoms with Gasteiger partial charge in [0.25, 0.3) is 0 Å². The van der Waals surface area contributed by atoms with Crippen LogP contribution in [-0.4, -0.2) is 13.7 Å². The Morgan fingerprint density at radius 1 is 1.05 bits per heavy atom. The van der Waals surface area contributed by atoms with Crippen LogP contribution in [-0.2, 0) is 13.0 Å². The van der Waals surface area contributed by atoms with Crippen molar-refractivity contribution in [1.82, 2.24) is 0 Å². The molecule has 4 heteroatoms. The second kappa shape index (κ2) is 7.31. The van der Waals surface area contributed by atoms with Gasteiger partial charge in [-0.2, -0.15) is 0 Å². The van der Waals surface area contributed by atoms with Crippen molar-refractivity contribution < 1.29 is 9.47 Å². The van der Waals surface area contributed by atoms with Crippen LogP contribution in [0.3, 0.4) is 0 Å². The summed E-state index contributed by atoms with van der Waals surface area (Å²) in [4.78, 5) is 0. The second-order valence-corrected chi connectivity index (χ2v) is 5.31. The predicted molar refractivity (Wildman–Crippen MR) is 84.2 cm³/mol. The smallest absolute Gasteiger partial charge is 0.125 e. The first-order valence-corrected chi connectivity index (χ1v) is 7.27. The number of benzene rings is 2. The molecule has 3 nitrogen and oxygen atoms in total. The fourth-order valence-electron chi connectivity index (χ4n) is 2.02. The first kappa shape index (κ1) is 14.9. The zero-order valence-corrected chi connectivity index (χ0v) is 13.0. The zero-order valence-electron chi connectivity index (χ0n) is 11.4. The Morgan fingerprint density at radius 2 is 1.85 bits per heavy atom. The van der Waals surface area contributed by atoms with E-state index in [0.29, 0.717) is 13.2 Å². The van der Waals surface area contributed by atoms with E-state index in [0.717, 1.165) is 33.5 Å². The first-order chi connectivity index (χ1) is 9.74. The van der Waals surface area contributed by atoms with Gasteiger partial charge in [-0.15, -0.1) is 0 Å². The number of halogens is 1. The van der Waals surface area contributed by atoms with Gasteiger partial charge in [-0.25, -0.2) is 0 Å². The van der Waals surface area contributed by atoms with Crippen LogP contribution in [0.2, 0.25) is 0 Å². The summed E-state index contributed by atoms with van der Waals surface area (Å²) in [6.45, 7) is 1.07. The maximum atomic E-state index is 5.92. The molecular weight excluding hydrogens is 318 g/mol. The molecule has 2 rings (SSSR count). The molecule has 0 saturated carbocycles. The highest BCUT2D eigenvalue weighted by Crippen LogP contribution is 2.26. The maximum Gasteiger partial charge on any atom is 0.125 e. The van der Waals surface area contributed by atoms with Crippen LogP contribution in [0.15, 0.2) is 46.9 Å². The number of hydrogen-bond acceptors (Lipinski definition) is 3. The van der Waals surface area contributed by atoms with Gasteiger partial charge < -0.3 is 15.2 Å². The lowest BCUT2D eigenvalue weighted by Gasteiger charge is -2.13. The number of rotatable bonds is 6. The van der Waals surface area contributed by atoms with E-state index in [4.69, 9.17) is 15.2 Å². The first-order valence-electron chi connectivity index (χ1n) is 6.47. The fraction of sp³-hybridized carbons (Fsp3) is 0.250. The quantitative estimate of drug-likeness (QED) is 0.878. The molecule has 106 valence electrons. The average molecular weight is 336 g/mol. The van der Waals surface area contributed by atoms with Gasteiger partial charge in [0.1, 0.15) is 18.1 Å². The van der Waals surface area contributed by atoms with E-state index < -0.39 is 0 Å². The Morgan fingerprint density at radius 3 is 2.60 bits per heavy atom. The van der Waals surface area contributed by atoms with Gasteiger partial charge in [-0.3, -0.25) is 0 Å². The van der Waals surface area contributed by atoms with Crippen molar-refractivity contribution in [1.29, 1.82) is 0 Å². The third kappa shape index (κ3) is 3.74. The molecule has 0 aliphatic heterocycles. The number of nitrogens with two attached hydrogens (primary N) is 1. The van der Waals surface area contributed by atoms with Crippen molar-refractivity contribution in [3.05, 3.63) is 58.1 Å². The van der Waals surface area contributed by atoms with E-state index in [2.05, 4.69) is 15.9 Å². The fourth-order valence-corrected chi connectivity index (χ4v) is 2.43. The van der Waals surface area contributed by atoms with E-state index in [-0.39, 0.29) is 0 Å². The molecule has 0 aromatic heterocycles. The summed E-state index contributed by atoms with van der Waals surface area (Å²) in [6, 6.07) is 13.8. The molecule has 0 radical (unpaired) electrons. The van der Waals surface area contributed by atoms with Crippen molar-refractivity contribution in [3.8, 4) is 11.5 Å². The highest BCUT2D eigenvalue weighted by molar-refractivity contribution is 9.10. The van der Waals surface area contributed by atoms with Crippen LogP contribution < -0.4 is 15.2 Å². The molecule has 0 spiro atoms. The van der Waals surface area contributed by atoms with Crippen molar-refractivity contribution in [2.75, 3.05) is 13.7 Å². The number of methoxy groups -OCH3 is 1. The van der Waals surface area contributed by atoms with E-state index in [1.165, 1.54) is 0 Å². The summed E-state index contributed by atoms with van der Waals surface area (Å²) in [5, 5.41) is 0. The Bertz CT molecular complexity index is 572. The average Bonchev–Trinajstić information content (AvgIpc) is 2.47. The largest absolute Gasteiger partial charge is 0.496 e. The van der Waals surface area contributed by atoms with Gasteiger partial charge in [-0.1, -0.05) is 34.1 Å². The minimum absolute atomic E-state index is 0.475. The van der Waals surface area contributed by atoms with Gasteiger partial charge in [0, 0.05) is 10.0 Å². The molecular formula is C16H18BrNO2. The minimum Gasteiger partial charge on any atom is -0.496 e. The molecule has 0 atom stereocenters. The molecule has 0 aliphatic carbocycles. The summed E-state index contributed by atoms with van der Waals surface area (Å²) in [5.41, 5.74) is 7.77. The molecule has 0 bridgehead atoms. The van der Waals surface area contributed by atoms with Gasteiger partial charge in [0.2, 0.25) is 0 Å². The number of para-hydroxylation sites is 1. The Labute approximate surface area is 127 Å². The summed E-state index contributed by atoms with van der Waals surface area (Å²) in [6.07, 6.45) is 0.792. The third-order valence-electron chi connectivity index (χ3n) is 3.01. The third-order valence-corrected chi connectivity index (χ3v) is 3.51. The van der Waals surface area contributed by atoms with Crippen molar-refractivity contribution in [2.45, 2.75) is 13.0 Å². The molecule has 0 heterocycles. The highest BCUT2D eigenvalue weighted by atomic mass is 79.9. The second-order valence-electron chi connectivity index (χ2n) is 4.39. The highest BCUT2D eigenvalue weighted by Gasteiger charge is 2.07. The van der Waals surface area contributed by atoms with Crippen molar-refractivity contribution in [2.24, 2.45) is 5.73 Å².